The van der Waals surface area contributed by atoms with Crippen molar-refractivity contribution in [1.29, 1.82) is 0 Å². The van der Waals surface area contributed by atoms with Crippen LogP contribution in [0.3, 0.4) is 0 Å². The number of benzene rings is 1. The Morgan fingerprint density at radius 3 is 2.74 bits per heavy atom. The number of aromatic nitrogens is 3. The summed E-state index contributed by atoms with van der Waals surface area (Å²) in [5.41, 5.74) is 0.0120. The molecule has 0 spiro atoms. The Hall–Kier alpha value is -1.89. The maximum Gasteiger partial charge on any atom is 0.456 e. The van der Waals surface area contributed by atoms with Crippen molar-refractivity contribution in [2.24, 2.45) is 0 Å². The third-order valence-corrected chi connectivity index (χ3v) is 2.50. The van der Waals surface area contributed by atoms with Gasteiger partial charge in [0.15, 0.2) is 5.69 Å². The second-order valence-corrected chi connectivity index (χ2v) is 4.19. The number of halogens is 4. The Morgan fingerprint density at radius 2 is 2.11 bits per heavy atom. The van der Waals surface area contributed by atoms with Crippen molar-refractivity contribution in [3.63, 3.8) is 0 Å². The third kappa shape index (κ3) is 3.31. The van der Waals surface area contributed by atoms with Gasteiger partial charge >= 0.3 is 6.18 Å². The molecule has 0 unspecified atom stereocenters. The minimum Gasteiger partial charge on any atom is -0.282 e. The van der Waals surface area contributed by atoms with Crippen LogP contribution in [-0.4, -0.2) is 27.0 Å². The lowest BCUT2D eigenvalue weighted by Crippen LogP contribution is -2.23. The normalized spacial score (nSPS) is 11.6. The molecule has 0 bridgehead atoms. The molecule has 0 N–H and O–H groups in total. The molecule has 1 heterocycles. The van der Waals surface area contributed by atoms with E-state index in [2.05, 4.69) is 10.3 Å². The number of ketones is 1. The molecule has 0 fully saturated rings. The van der Waals surface area contributed by atoms with Gasteiger partial charge in [-0.3, -0.25) is 4.79 Å². The summed E-state index contributed by atoms with van der Waals surface area (Å²) in [5.74, 6) is -2.01. The standard InChI is InChI=1S/C11H7ClF3N3O/c12-8-3-1-2-7(4-8)5-18-6-9(16-17-18)10(19)11(13,14)15/h1-4,6H,5H2. The van der Waals surface area contributed by atoms with Gasteiger partial charge in [-0.1, -0.05) is 28.9 Å². The maximum absolute atomic E-state index is 12.2. The van der Waals surface area contributed by atoms with E-state index >= 15 is 0 Å². The van der Waals surface area contributed by atoms with E-state index in [4.69, 9.17) is 11.6 Å². The van der Waals surface area contributed by atoms with Crippen LogP contribution in [0.2, 0.25) is 5.02 Å². The first-order chi connectivity index (χ1) is 8.86. The lowest BCUT2D eigenvalue weighted by Gasteiger charge is -2.01. The van der Waals surface area contributed by atoms with Crippen LogP contribution in [0, 0.1) is 0 Å². The van der Waals surface area contributed by atoms with Crippen molar-refractivity contribution in [3.05, 3.63) is 46.7 Å². The first kappa shape index (κ1) is 13.5. The van der Waals surface area contributed by atoms with Gasteiger partial charge in [-0.25, -0.2) is 4.68 Å². The van der Waals surface area contributed by atoms with Crippen LogP contribution in [0.25, 0.3) is 0 Å². The van der Waals surface area contributed by atoms with Gasteiger partial charge in [0.1, 0.15) is 0 Å². The van der Waals surface area contributed by atoms with Crippen LogP contribution >= 0.6 is 11.6 Å². The summed E-state index contributed by atoms with van der Waals surface area (Å²) in [5, 5.41) is 7.19. The van der Waals surface area contributed by atoms with E-state index in [1.54, 1.807) is 24.3 Å². The van der Waals surface area contributed by atoms with E-state index < -0.39 is 17.7 Å². The van der Waals surface area contributed by atoms with Gasteiger partial charge in [0.25, 0.3) is 5.78 Å². The lowest BCUT2D eigenvalue weighted by molar-refractivity contribution is -0.0888. The number of carbonyl (C=O) groups excluding carboxylic acids is 1. The Labute approximate surface area is 110 Å². The summed E-state index contributed by atoms with van der Waals surface area (Å²) in [4.78, 5) is 10.9. The van der Waals surface area contributed by atoms with E-state index in [0.29, 0.717) is 5.02 Å². The van der Waals surface area contributed by atoms with E-state index in [1.165, 1.54) is 0 Å². The van der Waals surface area contributed by atoms with Gasteiger partial charge in [0.05, 0.1) is 12.7 Å². The van der Waals surface area contributed by atoms with Gasteiger partial charge < -0.3 is 0 Å². The fraction of sp³-hybridized carbons (Fsp3) is 0.182. The zero-order valence-electron chi connectivity index (χ0n) is 9.36. The molecule has 0 aliphatic heterocycles. The molecule has 0 radical (unpaired) electrons. The molecule has 2 aromatic rings. The molecule has 0 aliphatic carbocycles. The topological polar surface area (TPSA) is 47.8 Å². The predicted molar refractivity (Wildman–Crippen MR) is 61.0 cm³/mol. The van der Waals surface area contributed by atoms with Gasteiger partial charge in [-0.15, -0.1) is 5.10 Å². The average Bonchev–Trinajstić information content (AvgIpc) is 2.75. The monoisotopic (exact) mass is 289 g/mol. The van der Waals surface area contributed by atoms with Gasteiger partial charge in [0, 0.05) is 5.02 Å². The van der Waals surface area contributed by atoms with Gasteiger partial charge in [-0.05, 0) is 17.7 Å². The summed E-state index contributed by atoms with van der Waals surface area (Å²) >= 11 is 5.78. The second-order valence-electron chi connectivity index (χ2n) is 3.76. The molecular weight excluding hydrogens is 283 g/mol. The molecule has 19 heavy (non-hydrogen) atoms. The summed E-state index contributed by atoms with van der Waals surface area (Å²) in [6.07, 6.45) is -3.99. The number of nitrogens with zero attached hydrogens (tertiary/aromatic N) is 3. The Balaban J connectivity index is 2.16. The van der Waals surface area contributed by atoms with Crippen molar-refractivity contribution in [2.45, 2.75) is 12.7 Å². The molecule has 0 aliphatic rings. The molecule has 4 nitrogen and oxygen atoms in total. The first-order valence-electron chi connectivity index (χ1n) is 5.12. The highest BCUT2D eigenvalue weighted by Gasteiger charge is 2.41. The van der Waals surface area contributed by atoms with Crippen LogP contribution < -0.4 is 0 Å². The summed E-state index contributed by atoms with van der Waals surface area (Å²) in [6, 6.07) is 6.76. The molecule has 0 amide bonds. The molecular formula is C11H7ClF3N3O. The number of rotatable bonds is 3. The molecule has 8 heteroatoms. The zero-order valence-corrected chi connectivity index (χ0v) is 10.1. The number of carbonyl (C=O) groups is 1. The van der Waals surface area contributed by atoms with E-state index in [9.17, 15) is 18.0 Å². The smallest absolute Gasteiger partial charge is 0.282 e. The summed E-state index contributed by atoms with van der Waals surface area (Å²) < 4.78 is 37.7. The zero-order chi connectivity index (χ0) is 14.0. The van der Waals surface area contributed by atoms with Gasteiger partial charge in [0.2, 0.25) is 0 Å². The van der Waals surface area contributed by atoms with Crippen molar-refractivity contribution in [3.8, 4) is 0 Å². The van der Waals surface area contributed by atoms with E-state index in [0.717, 1.165) is 16.4 Å². The van der Waals surface area contributed by atoms with Crippen molar-refractivity contribution in [1.82, 2.24) is 15.0 Å². The average molecular weight is 290 g/mol. The Kier molecular flexibility index (Phi) is 3.57. The van der Waals surface area contributed by atoms with Crippen molar-refractivity contribution in [2.75, 3.05) is 0 Å². The van der Waals surface area contributed by atoms with Crippen LogP contribution in [0.5, 0.6) is 0 Å². The molecule has 0 atom stereocenters. The highest BCUT2D eigenvalue weighted by molar-refractivity contribution is 6.30. The minimum atomic E-state index is -4.95. The molecule has 1 aromatic heterocycles. The molecule has 1 aromatic carbocycles. The van der Waals surface area contributed by atoms with Gasteiger partial charge in [-0.2, -0.15) is 13.2 Å². The quantitative estimate of drug-likeness (QED) is 0.816. The maximum atomic E-state index is 12.2. The van der Waals surface area contributed by atoms with Crippen LogP contribution in [0.1, 0.15) is 16.1 Å². The molecule has 100 valence electrons. The summed E-state index contributed by atoms with van der Waals surface area (Å²) in [6.45, 7) is 0.179. The lowest BCUT2D eigenvalue weighted by atomic mass is 10.2. The highest BCUT2D eigenvalue weighted by Crippen LogP contribution is 2.20. The number of Topliss-reactive ketones (excluding diaryl/α,β-unsaturated/α-hetero) is 1. The molecule has 0 saturated heterocycles. The predicted octanol–water partition coefficient (Wildman–Crippen LogP) is 2.72. The van der Waals surface area contributed by atoms with E-state index in [-0.39, 0.29) is 6.54 Å². The van der Waals surface area contributed by atoms with Crippen LogP contribution in [0.4, 0.5) is 13.2 Å². The Bertz CT molecular complexity index is 609. The minimum absolute atomic E-state index is 0.179. The number of hydrogen-bond acceptors (Lipinski definition) is 3. The fourth-order valence-electron chi connectivity index (χ4n) is 1.45. The molecule has 0 saturated carbocycles. The summed E-state index contributed by atoms with van der Waals surface area (Å²) in [7, 11) is 0. The number of hydrogen-bond donors (Lipinski definition) is 0. The largest absolute Gasteiger partial charge is 0.456 e. The van der Waals surface area contributed by atoms with Crippen molar-refractivity contribution < 1.29 is 18.0 Å². The third-order valence-electron chi connectivity index (χ3n) is 2.26. The van der Waals surface area contributed by atoms with Crippen LogP contribution in [0.15, 0.2) is 30.5 Å². The van der Waals surface area contributed by atoms with Crippen molar-refractivity contribution >= 4 is 17.4 Å². The van der Waals surface area contributed by atoms with Crippen LogP contribution in [-0.2, 0) is 6.54 Å². The molecule has 2 rings (SSSR count). The highest BCUT2D eigenvalue weighted by atomic mass is 35.5. The fourth-order valence-corrected chi connectivity index (χ4v) is 1.66. The number of alkyl halides is 3. The first-order valence-corrected chi connectivity index (χ1v) is 5.50. The Morgan fingerprint density at radius 1 is 1.37 bits per heavy atom. The SMILES string of the molecule is O=C(c1cn(Cc2cccc(Cl)c2)nn1)C(F)(F)F. The van der Waals surface area contributed by atoms with E-state index in [1.807, 2.05) is 0 Å². The second kappa shape index (κ2) is 5.00.